The molecule has 0 bridgehead atoms. The number of hydrogen-bond acceptors (Lipinski definition) is 4. The maximum absolute atomic E-state index is 12.0. The van der Waals surface area contributed by atoms with Gasteiger partial charge in [0.05, 0.1) is 6.61 Å². The number of anilines is 1. The lowest BCUT2D eigenvalue weighted by Crippen LogP contribution is -2.48. The summed E-state index contributed by atoms with van der Waals surface area (Å²) >= 11 is 3.46. The lowest BCUT2D eigenvalue weighted by atomic mass is 10.1. The molecular weight excluding hydrogens is 417 g/mol. The molecule has 2 atom stereocenters. The van der Waals surface area contributed by atoms with Crippen molar-refractivity contribution in [1.29, 1.82) is 0 Å². The van der Waals surface area contributed by atoms with Crippen LogP contribution in [0.3, 0.4) is 0 Å². The van der Waals surface area contributed by atoms with Gasteiger partial charge in [-0.2, -0.15) is 0 Å². The van der Waals surface area contributed by atoms with Gasteiger partial charge in [0, 0.05) is 42.9 Å². The molecule has 136 valence electrons. The van der Waals surface area contributed by atoms with Crippen LogP contribution in [0.15, 0.2) is 28.7 Å². The molecule has 2 aliphatic rings. The standard InChI is InChI=1S/C16H22BrN3O2.2ClH/c17-13-1-3-14(4-2-13)20-7-5-12(11-20)9-19-16(21)15-10-18-6-8-22-15;;/h1-4,12,15,18H,5-11H2,(H,19,21);2*1H. The summed E-state index contributed by atoms with van der Waals surface area (Å²) < 4.78 is 6.56. The van der Waals surface area contributed by atoms with E-state index in [-0.39, 0.29) is 36.8 Å². The van der Waals surface area contributed by atoms with Crippen molar-refractivity contribution < 1.29 is 9.53 Å². The van der Waals surface area contributed by atoms with E-state index >= 15 is 0 Å². The zero-order valence-corrected chi connectivity index (χ0v) is 16.6. The first-order valence-corrected chi connectivity index (χ1v) is 8.62. The van der Waals surface area contributed by atoms with E-state index in [0.29, 0.717) is 19.1 Å². The van der Waals surface area contributed by atoms with Gasteiger partial charge in [-0.15, -0.1) is 24.8 Å². The third-order valence-corrected chi connectivity index (χ3v) is 4.79. The lowest BCUT2D eigenvalue weighted by molar-refractivity contribution is -0.134. The summed E-state index contributed by atoms with van der Waals surface area (Å²) in [4.78, 5) is 14.4. The van der Waals surface area contributed by atoms with Gasteiger partial charge in [-0.25, -0.2) is 0 Å². The van der Waals surface area contributed by atoms with Crippen LogP contribution in [0, 0.1) is 5.92 Å². The van der Waals surface area contributed by atoms with Crippen LogP contribution in [0.5, 0.6) is 0 Å². The number of rotatable bonds is 4. The Morgan fingerprint density at radius 1 is 1.33 bits per heavy atom. The highest BCUT2D eigenvalue weighted by Crippen LogP contribution is 2.24. The van der Waals surface area contributed by atoms with Crippen LogP contribution in [0.2, 0.25) is 0 Å². The number of amides is 1. The predicted molar refractivity (Wildman–Crippen MR) is 105 cm³/mol. The number of morpholine rings is 1. The van der Waals surface area contributed by atoms with Gasteiger partial charge in [0.2, 0.25) is 5.91 Å². The van der Waals surface area contributed by atoms with Crippen LogP contribution >= 0.6 is 40.7 Å². The van der Waals surface area contributed by atoms with Crippen molar-refractivity contribution in [2.45, 2.75) is 12.5 Å². The van der Waals surface area contributed by atoms with E-state index in [9.17, 15) is 4.79 Å². The van der Waals surface area contributed by atoms with E-state index in [1.54, 1.807) is 0 Å². The first kappa shape index (κ1) is 21.5. The number of nitrogens with zero attached hydrogens (tertiary/aromatic N) is 1. The molecule has 2 aliphatic heterocycles. The number of nitrogens with one attached hydrogen (secondary N) is 2. The number of carbonyl (C=O) groups is 1. The molecule has 1 aromatic rings. The molecule has 0 saturated carbocycles. The largest absolute Gasteiger partial charge is 0.371 e. The Balaban J connectivity index is 0.00000144. The van der Waals surface area contributed by atoms with Crippen LogP contribution in [0.1, 0.15) is 6.42 Å². The first-order chi connectivity index (χ1) is 10.7. The highest BCUT2D eigenvalue weighted by molar-refractivity contribution is 9.10. The quantitative estimate of drug-likeness (QED) is 0.753. The fourth-order valence-corrected chi connectivity index (χ4v) is 3.24. The van der Waals surface area contributed by atoms with Crippen molar-refractivity contribution in [3.8, 4) is 0 Å². The molecule has 0 spiro atoms. The highest BCUT2D eigenvalue weighted by Gasteiger charge is 2.26. The summed E-state index contributed by atoms with van der Waals surface area (Å²) in [5.41, 5.74) is 1.25. The molecule has 2 N–H and O–H groups in total. The molecule has 5 nitrogen and oxygen atoms in total. The smallest absolute Gasteiger partial charge is 0.250 e. The average molecular weight is 441 g/mol. The summed E-state index contributed by atoms with van der Waals surface area (Å²) in [6.07, 6.45) is 0.776. The molecule has 2 unspecified atom stereocenters. The van der Waals surface area contributed by atoms with E-state index in [2.05, 4.69) is 55.7 Å². The van der Waals surface area contributed by atoms with E-state index in [1.165, 1.54) is 5.69 Å². The topological polar surface area (TPSA) is 53.6 Å². The van der Waals surface area contributed by atoms with Crippen LogP contribution in [0.4, 0.5) is 5.69 Å². The summed E-state index contributed by atoms with van der Waals surface area (Å²) in [5, 5.41) is 6.22. The second-order valence-electron chi connectivity index (χ2n) is 5.89. The minimum absolute atomic E-state index is 0. The fraction of sp³-hybridized carbons (Fsp3) is 0.562. The Bertz CT molecular complexity index is 513. The van der Waals surface area contributed by atoms with Gasteiger partial charge in [0.1, 0.15) is 6.10 Å². The summed E-state index contributed by atoms with van der Waals surface area (Å²) in [7, 11) is 0. The number of benzene rings is 1. The van der Waals surface area contributed by atoms with Crippen molar-refractivity contribution in [1.82, 2.24) is 10.6 Å². The first-order valence-electron chi connectivity index (χ1n) is 7.83. The molecule has 0 radical (unpaired) electrons. The lowest BCUT2D eigenvalue weighted by Gasteiger charge is -2.23. The maximum atomic E-state index is 12.0. The maximum Gasteiger partial charge on any atom is 0.250 e. The van der Waals surface area contributed by atoms with E-state index in [4.69, 9.17) is 4.74 Å². The Morgan fingerprint density at radius 2 is 2.08 bits per heavy atom. The summed E-state index contributed by atoms with van der Waals surface area (Å²) in [6.45, 7) is 4.82. The van der Waals surface area contributed by atoms with Crippen LogP contribution in [-0.4, -0.2) is 51.3 Å². The fourth-order valence-electron chi connectivity index (χ4n) is 2.98. The van der Waals surface area contributed by atoms with Crippen molar-refractivity contribution in [3.05, 3.63) is 28.7 Å². The number of carbonyl (C=O) groups excluding carboxylic acids is 1. The van der Waals surface area contributed by atoms with Crippen molar-refractivity contribution in [2.24, 2.45) is 5.92 Å². The van der Waals surface area contributed by atoms with Crippen LogP contribution in [0.25, 0.3) is 0 Å². The van der Waals surface area contributed by atoms with E-state index in [0.717, 1.165) is 37.1 Å². The van der Waals surface area contributed by atoms with Crippen LogP contribution < -0.4 is 15.5 Å². The minimum atomic E-state index is -0.335. The average Bonchev–Trinajstić information content (AvgIpc) is 3.03. The summed E-state index contributed by atoms with van der Waals surface area (Å²) in [6, 6.07) is 8.40. The summed E-state index contributed by atoms with van der Waals surface area (Å²) in [5.74, 6) is 0.512. The normalized spacial score (nSPS) is 23.1. The minimum Gasteiger partial charge on any atom is -0.371 e. The Labute approximate surface area is 163 Å². The van der Waals surface area contributed by atoms with E-state index in [1.807, 2.05) is 0 Å². The third kappa shape index (κ3) is 5.77. The zero-order valence-electron chi connectivity index (χ0n) is 13.4. The van der Waals surface area contributed by atoms with Gasteiger partial charge in [-0.3, -0.25) is 4.79 Å². The molecule has 2 heterocycles. The van der Waals surface area contributed by atoms with E-state index < -0.39 is 0 Å². The van der Waals surface area contributed by atoms with Gasteiger partial charge in [0.15, 0.2) is 0 Å². The molecule has 0 aliphatic carbocycles. The monoisotopic (exact) mass is 439 g/mol. The van der Waals surface area contributed by atoms with Gasteiger partial charge >= 0.3 is 0 Å². The number of ether oxygens (including phenoxy) is 1. The molecule has 3 rings (SSSR count). The second-order valence-corrected chi connectivity index (χ2v) is 6.80. The Morgan fingerprint density at radius 3 is 2.75 bits per heavy atom. The predicted octanol–water partition coefficient (Wildman–Crippen LogP) is 2.22. The molecule has 1 aromatic carbocycles. The second kappa shape index (κ2) is 10.5. The molecular formula is C16H24BrCl2N3O2. The van der Waals surface area contributed by atoms with Crippen molar-refractivity contribution in [2.75, 3.05) is 44.2 Å². The third-order valence-electron chi connectivity index (χ3n) is 4.26. The Hall–Kier alpha value is -0.530. The molecule has 0 aromatic heterocycles. The van der Waals surface area contributed by atoms with Crippen LogP contribution in [-0.2, 0) is 9.53 Å². The zero-order chi connectivity index (χ0) is 15.4. The number of hydrogen-bond donors (Lipinski definition) is 2. The number of halogens is 3. The van der Waals surface area contributed by atoms with Gasteiger partial charge in [-0.05, 0) is 36.6 Å². The molecule has 1 amide bonds. The van der Waals surface area contributed by atoms with Crippen molar-refractivity contribution in [3.63, 3.8) is 0 Å². The van der Waals surface area contributed by atoms with Crippen molar-refractivity contribution >= 4 is 52.3 Å². The highest BCUT2D eigenvalue weighted by atomic mass is 79.9. The Kier molecular flexibility index (Phi) is 9.37. The molecule has 2 fully saturated rings. The molecule has 8 heteroatoms. The SMILES string of the molecule is Cl.Cl.O=C(NCC1CCN(c2ccc(Br)cc2)C1)C1CNCCO1. The molecule has 24 heavy (non-hydrogen) atoms. The van der Waals surface area contributed by atoms with Gasteiger partial charge in [-0.1, -0.05) is 15.9 Å². The van der Waals surface area contributed by atoms with Gasteiger partial charge in [0.25, 0.3) is 0 Å². The van der Waals surface area contributed by atoms with Gasteiger partial charge < -0.3 is 20.3 Å². The molecule has 2 saturated heterocycles.